The maximum Gasteiger partial charge on any atom is 0.416 e. The Labute approximate surface area is 182 Å². The lowest BCUT2D eigenvalue weighted by Gasteiger charge is -2.18. The maximum absolute atomic E-state index is 13.1. The summed E-state index contributed by atoms with van der Waals surface area (Å²) in [5.41, 5.74) is -0.360. The van der Waals surface area contributed by atoms with Crippen molar-refractivity contribution in [3.63, 3.8) is 0 Å². The van der Waals surface area contributed by atoms with Crippen LogP contribution in [-0.2, 0) is 6.18 Å². The van der Waals surface area contributed by atoms with Crippen molar-refractivity contribution in [2.75, 3.05) is 20.2 Å². The summed E-state index contributed by atoms with van der Waals surface area (Å²) in [5.74, 6) is 0.0000409. The molecule has 2 aromatic carbocycles. The number of amides is 1. The highest BCUT2D eigenvalue weighted by molar-refractivity contribution is 5.91. The van der Waals surface area contributed by atoms with Gasteiger partial charge in [-0.25, -0.2) is 4.68 Å². The van der Waals surface area contributed by atoms with Crippen molar-refractivity contribution in [2.45, 2.75) is 20.0 Å². The number of ether oxygens (including phenoxy) is 1. The summed E-state index contributed by atoms with van der Waals surface area (Å²) < 4.78 is 46.0. The average Bonchev–Trinajstić information content (AvgIpc) is 2.74. The van der Waals surface area contributed by atoms with Crippen LogP contribution in [0.3, 0.4) is 0 Å². The number of hydrogen-bond acceptors (Lipinski definition) is 4. The number of likely N-dealkylation sites (N-methyl/N-ethyl adjacent to an activating group) is 1. The number of hydrogen-bond donors (Lipinski definition) is 0. The van der Waals surface area contributed by atoms with E-state index in [0.717, 1.165) is 22.4 Å². The summed E-state index contributed by atoms with van der Waals surface area (Å²) >= 11 is 0. The van der Waals surface area contributed by atoms with Crippen LogP contribution >= 0.6 is 0 Å². The number of aryl methyl sites for hydroxylation is 2. The molecule has 9 heteroatoms. The molecule has 0 N–H and O–H groups in total. The first-order valence-electron chi connectivity index (χ1n) is 9.80. The fourth-order valence-electron chi connectivity index (χ4n) is 2.99. The number of alkyl halides is 3. The lowest BCUT2D eigenvalue weighted by Crippen LogP contribution is -2.36. The van der Waals surface area contributed by atoms with E-state index in [4.69, 9.17) is 4.74 Å². The molecule has 168 valence electrons. The number of aromatic nitrogens is 2. The zero-order valence-corrected chi connectivity index (χ0v) is 17.8. The molecule has 0 aliphatic rings. The smallest absolute Gasteiger partial charge is 0.416 e. The second-order valence-electron chi connectivity index (χ2n) is 7.35. The van der Waals surface area contributed by atoms with Gasteiger partial charge in [0, 0.05) is 18.8 Å². The summed E-state index contributed by atoms with van der Waals surface area (Å²) in [5, 5.41) is 4.07. The van der Waals surface area contributed by atoms with Gasteiger partial charge in [0.15, 0.2) is 5.69 Å². The zero-order chi connectivity index (χ0) is 23.5. The monoisotopic (exact) mass is 445 g/mol. The highest BCUT2D eigenvalue weighted by Crippen LogP contribution is 2.30. The van der Waals surface area contributed by atoms with Crippen LogP contribution in [0.5, 0.6) is 5.75 Å². The van der Waals surface area contributed by atoms with Crippen molar-refractivity contribution >= 4 is 5.91 Å². The Kier molecular flexibility index (Phi) is 6.67. The van der Waals surface area contributed by atoms with E-state index in [2.05, 4.69) is 5.10 Å². The Balaban J connectivity index is 1.79. The average molecular weight is 445 g/mol. The quantitative estimate of drug-likeness (QED) is 0.575. The standard InChI is InChI=1S/C23H22F3N3O3/c1-15-7-9-19(10-8-15)32-12-11-28(3)22(31)21-20(30)13-16(2)29(27-21)18-6-4-5-17(14-18)23(24,25)26/h4-10,13-14H,11-12H2,1-3H3. The number of halogens is 3. The second kappa shape index (κ2) is 9.25. The first-order chi connectivity index (χ1) is 15.1. The molecule has 32 heavy (non-hydrogen) atoms. The largest absolute Gasteiger partial charge is 0.492 e. The first kappa shape index (κ1) is 23.1. The maximum atomic E-state index is 13.1. The lowest BCUT2D eigenvalue weighted by molar-refractivity contribution is -0.137. The van der Waals surface area contributed by atoms with Crippen molar-refractivity contribution in [1.82, 2.24) is 14.7 Å². The van der Waals surface area contributed by atoms with Crippen LogP contribution in [0.1, 0.15) is 27.3 Å². The number of carbonyl (C=O) groups excluding carboxylic acids is 1. The third-order valence-electron chi connectivity index (χ3n) is 4.79. The fourth-order valence-corrected chi connectivity index (χ4v) is 2.99. The molecule has 0 saturated heterocycles. The molecule has 0 saturated carbocycles. The molecule has 0 bridgehead atoms. The minimum Gasteiger partial charge on any atom is -0.492 e. The van der Waals surface area contributed by atoms with Crippen molar-refractivity contribution in [3.8, 4) is 11.4 Å². The van der Waals surface area contributed by atoms with Crippen molar-refractivity contribution in [3.05, 3.63) is 87.3 Å². The SMILES string of the molecule is Cc1ccc(OCCN(C)C(=O)c2nn(-c3cccc(C(F)(F)F)c3)c(C)cc2=O)cc1. The molecule has 1 aromatic heterocycles. The lowest BCUT2D eigenvalue weighted by atomic mass is 10.2. The summed E-state index contributed by atoms with van der Waals surface area (Å²) in [6.45, 7) is 3.86. The van der Waals surface area contributed by atoms with Crippen LogP contribution in [-0.4, -0.2) is 40.8 Å². The Hall–Kier alpha value is -3.62. The minimum absolute atomic E-state index is 0.0942. The van der Waals surface area contributed by atoms with Crippen LogP contribution in [0, 0.1) is 13.8 Å². The molecule has 0 radical (unpaired) electrons. The van der Waals surface area contributed by atoms with E-state index < -0.39 is 23.1 Å². The molecule has 0 atom stereocenters. The first-order valence-corrected chi connectivity index (χ1v) is 9.80. The van der Waals surface area contributed by atoms with Gasteiger partial charge in [0.2, 0.25) is 5.43 Å². The van der Waals surface area contributed by atoms with E-state index >= 15 is 0 Å². The predicted molar refractivity (Wildman–Crippen MR) is 113 cm³/mol. The molecule has 0 fully saturated rings. The summed E-state index contributed by atoms with van der Waals surface area (Å²) in [6.07, 6.45) is -4.53. The van der Waals surface area contributed by atoms with Gasteiger partial charge < -0.3 is 9.64 Å². The third-order valence-corrected chi connectivity index (χ3v) is 4.79. The van der Waals surface area contributed by atoms with Gasteiger partial charge in [-0.05, 0) is 44.2 Å². The van der Waals surface area contributed by atoms with Gasteiger partial charge in [0.25, 0.3) is 5.91 Å². The van der Waals surface area contributed by atoms with Crippen LogP contribution < -0.4 is 10.2 Å². The molecule has 1 amide bonds. The molecule has 0 aliphatic heterocycles. The zero-order valence-electron chi connectivity index (χ0n) is 17.8. The highest BCUT2D eigenvalue weighted by Gasteiger charge is 2.30. The number of nitrogens with zero attached hydrogens (tertiary/aromatic N) is 3. The molecular weight excluding hydrogens is 423 g/mol. The van der Waals surface area contributed by atoms with Gasteiger partial charge >= 0.3 is 6.18 Å². The van der Waals surface area contributed by atoms with E-state index in [1.54, 1.807) is 0 Å². The van der Waals surface area contributed by atoms with E-state index in [-0.39, 0.29) is 24.5 Å². The van der Waals surface area contributed by atoms with Gasteiger partial charge in [0.05, 0.1) is 17.8 Å². The Morgan fingerprint density at radius 2 is 1.78 bits per heavy atom. The number of benzene rings is 2. The van der Waals surface area contributed by atoms with Crippen molar-refractivity contribution in [2.24, 2.45) is 0 Å². The molecule has 3 rings (SSSR count). The minimum atomic E-state index is -4.53. The Morgan fingerprint density at radius 3 is 2.44 bits per heavy atom. The van der Waals surface area contributed by atoms with Gasteiger partial charge in [-0.3, -0.25) is 9.59 Å². The summed E-state index contributed by atoms with van der Waals surface area (Å²) in [6, 6.07) is 13.1. The molecule has 3 aromatic rings. The van der Waals surface area contributed by atoms with Crippen LogP contribution in [0.4, 0.5) is 13.2 Å². The third kappa shape index (κ3) is 5.35. The summed E-state index contributed by atoms with van der Waals surface area (Å²) in [7, 11) is 1.50. The topological polar surface area (TPSA) is 64.4 Å². The van der Waals surface area contributed by atoms with Gasteiger partial charge in [-0.1, -0.05) is 23.8 Å². The van der Waals surface area contributed by atoms with E-state index in [1.807, 2.05) is 31.2 Å². The number of rotatable bonds is 6. The van der Waals surface area contributed by atoms with Crippen LogP contribution in [0.25, 0.3) is 5.69 Å². The van der Waals surface area contributed by atoms with Gasteiger partial charge in [0.1, 0.15) is 12.4 Å². The molecule has 6 nitrogen and oxygen atoms in total. The molecular formula is C23H22F3N3O3. The van der Waals surface area contributed by atoms with E-state index in [9.17, 15) is 22.8 Å². The molecule has 1 heterocycles. The summed E-state index contributed by atoms with van der Waals surface area (Å²) in [4.78, 5) is 26.5. The normalized spacial score (nSPS) is 11.3. The number of carbonyl (C=O) groups is 1. The van der Waals surface area contributed by atoms with Gasteiger partial charge in [-0.2, -0.15) is 18.3 Å². The molecule has 0 unspecified atom stereocenters. The fraction of sp³-hybridized carbons (Fsp3) is 0.261. The predicted octanol–water partition coefficient (Wildman–Crippen LogP) is 4.02. The van der Waals surface area contributed by atoms with Crippen LogP contribution in [0.15, 0.2) is 59.4 Å². The molecule has 0 spiro atoms. The van der Waals surface area contributed by atoms with E-state index in [0.29, 0.717) is 11.4 Å². The highest BCUT2D eigenvalue weighted by atomic mass is 19.4. The van der Waals surface area contributed by atoms with Crippen molar-refractivity contribution < 1.29 is 22.7 Å². The van der Waals surface area contributed by atoms with Crippen molar-refractivity contribution in [1.29, 1.82) is 0 Å². The van der Waals surface area contributed by atoms with Crippen LogP contribution in [0.2, 0.25) is 0 Å². The van der Waals surface area contributed by atoms with E-state index in [1.165, 1.54) is 37.1 Å². The second-order valence-corrected chi connectivity index (χ2v) is 7.35. The molecule has 0 aliphatic carbocycles. The Morgan fingerprint density at radius 1 is 1.09 bits per heavy atom. The van der Waals surface area contributed by atoms with Gasteiger partial charge in [-0.15, -0.1) is 0 Å². The Bertz CT molecular complexity index is 1170.